The van der Waals surface area contributed by atoms with E-state index in [1.165, 1.54) is 0 Å². The molecule has 4 rings (SSSR count). The Kier molecular flexibility index (Phi) is 4.35. The van der Waals surface area contributed by atoms with Crippen LogP contribution in [-0.2, 0) is 16.1 Å². The first-order chi connectivity index (χ1) is 13.1. The molecule has 1 aliphatic heterocycles. The molecule has 1 heterocycles. The van der Waals surface area contributed by atoms with Crippen molar-refractivity contribution in [3.05, 3.63) is 48.0 Å². The summed E-state index contributed by atoms with van der Waals surface area (Å²) >= 11 is 0. The Hall–Kier alpha value is -3.22. The van der Waals surface area contributed by atoms with Crippen molar-refractivity contribution in [1.29, 1.82) is 0 Å². The molecule has 1 fully saturated rings. The molecule has 0 atom stereocenters. The Labute approximate surface area is 156 Å². The maximum absolute atomic E-state index is 12.7. The normalized spacial score (nSPS) is 15.7. The molecule has 2 aromatic rings. The lowest BCUT2D eigenvalue weighted by atomic mass is 10.0. The van der Waals surface area contributed by atoms with Gasteiger partial charge < -0.3 is 24.8 Å². The van der Waals surface area contributed by atoms with Crippen molar-refractivity contribution >= 4 is 17.5 Å². The van der Waals surface area contributed by atoms with Gasteiger partial charge in [0, 0.05) is 18.3 Å². The Morgan fingerprint density at radius 1 is 1.04 bits per heavy atom. The Balaban J connectivity index is 1.37. The quantitative estimate of drug-likeness (QED) is 0.765. The summed E-state index contributed by atoms with van der Waals surface area (Å²) in [7, 11) is 1.60. The molecule has 7 heteroatoms. The van der Waals surface area contributed by atoms with E-state index >= 15 is 0 Å². The van der Waals surface area contributed by atoms with Gasteiger partial charge >= 0.3 is 0 Å². The highest BCUT2D eigenvalue weighted by molar-refractivity contribution is 6.13. The van der Waals surface area contributed by atoms with E-state index in [1.807, 2.05) is 24.3 Å². The van der Waals surface area contributed by atoms with Gasteiger partial charge in [0.05, 0.1) is 7.11 Å². The highest BCUT2D eigenvalue weighted by atomic mass is 16.7. The summed E-state index contributed by atoms with van der Waals surface area (Å²) in [6, 6.07) is 12.6. The molecule has 2 N–H and O–H groups in total. The molecule has 1 aliphatic carbocycles. The zero-order valence-corrected chi connectivity index (χ0v) is 14.9. The van der Waals surface area contributed by atoms with Crippen LogP contribution in [0.3, 0.4) is 0 Å². The molecule has 2 aromatic carbocycles. The third kappa shape index (κ3) is 3.40. The van der Waals surface area contributed by atoms with Gasteiger partial charge in [0.1, 0.15) is 11.2 Å². The molecule has 27 heavy (non-hydrogen) atoms. The number of carbonyl (C=O) groups excluding carboxylic acids is 2. The van der Waals surface area contributed by atoms with Crippen LogP contribution in [-0.4, -0.2) is 25.7 Å². The van der Waals surface area contributed by atoms with Gasteiger partial charge in [-0.1, -0.05) is 12.1 Å². The van der Waals surface area contributed by atoms with Crippen LogP contribution in [0.25, 0.3) is 0 Å². The minimum Gasteiger partial charge on any atom is -0.497 e. The molecular formula is C20H20N2O5. The van der Waals surface area contributed by atoms with Gasteiger partial charge in [-0.15, -0.1) is 0 Å². The van der Waals surface area contributed by atoms with Crippen molar-refractivity contribution in [2.45, 2.75) is 19.4 Å². The fraction of sp³-hybridized carbons (Fsp3) is 0.300. The first-order valence-corrected chi connectivity index (χ1v) is 8.73. The fourth-order valence-corrected chi connectivity index (χ4v) is 3.00. The van der Waals surface area contributed by atoms with Crippen LogP contribution in [0.1, 0.15) is 18.4 Å². The van der Waals surface area contributed by atoms with E-state index < -0.39 is 5.41 Å². The molecule has 2 aliphatic rings. The van der Waals surface area contributed by atoms with Crippen LogP contribution < -0.4 is 24.8 Å². The van der Waals surface area contributed by atoms with Crippen molar-refractivity contribution in [3.8, 4) is 17.2 Å². The molecule has 0 aromatic heterocycles. The smallest absolute Gasteiger partial charge is 0.240 e. The summed E-state index contributed by atoms with van der Waals surface area (Å²) in [5.74, 6) is 1.44. The van der Waals surface area contributed by atoms with Gasteiger partial charge in [-0.25, -0.2) is 0 Å². The minimum absolute atomic E-state index is 0.171. The standard InChI is InChI=1S/C20H20N2O5/c1-25-15-5-2-13(3-6-15)11-21-18(23)20(8-9-20)19(24)22-14-4-7-16-17(10-14)27-12-26-16/h2-7,10H,8-9,11-12H2,1H3,(H,21,23)(H,22,24). The molecule has 0 unspecified atom stereocenters. The van der Waals surface area contributed by atoms with Gasteiger partial charge in [-0.2, -0.15) is 0 Å². The van der Waals surface area contributed by atoms with E-state index in [9.17, 15) is 9.59 Å². The molecule has 0 radical (unpaired) electrons. The van der Waals surface area contributed by atoms with Gasteiger partial charge in [0.15, 0.2) is 11.5 Å². The average molecular weight is 368 g/mol. The van der Waals surface area contributed by atoms with Crippen LogP contribution >= 0.6 is 0 Å². The van der Waals surface area contributed by atoms with Gasteiger partial charge in [0.25, 0.3) is 0 Å². The lowest BCUT2D eigenvalue weighted by Gasteiger charge is -2.16. The molecule has 0 saturated heterocycles. The van der Waals surface area contributed by atoms with E-state index in [2.05, 4.69) is 10.6 Å². The lowest BCUT2D eigenvalue weighted by Crippen LogP contribution is -2.39. The fourth-order valence-electron chi connectivity index (χ4n) is 3.00. The van der Waals surface area contributed by atoms with Crippen molar-refractivity contribution in [2.24, 2.45) is 5.41 Å². The molecule has 1 saturated carbocycles. The predicted octanol–water partition coefficient (Wildman–Crippen LogP) is 2.46. The number of hydrogen-bond donors (Lipinski definition) is 2. The largest absolute Gasteiger partial charge is 0.497 e. The van der Waals surface area contributed by atoms with Crippen molar-refractivity contribution < 1.29 is 23.8 Å². The number of fused-ring (bicyclic) bond motifs is 1. The third-order valence-electron chi connectivity index (χ3n) is 4.86. The van der Waals surface area contributed by atoms with Crippen molar-refractivity contribution in [2.75, 3.05) is 19.2 Å². The predicted molar refractivity (Wildman–Crippen MR) is 97.7 cm³/mol. The highest BCUT2D eigenvalue weighted by Gasteiger charge is 2.56. The SMILES string of the molecule is COc1ccc(CNC(=O)C2(C(=O)Nc3ccc4c(c3)OCO4)CC2)cc1. The molecule has 2 amide bonds. The van der Waals surface area contributed by atoms with Crippen LogP contribution in [0.4, 0.5) is 5.69 Å². The second-order valence-corrected chi connectivity index (χ2v) is 6.64. The van der Waals surface area contributed by atoms with E-state index in [4.69, 9.17) is 14.2 Å². The molecule has 7 nitrogen and oxygen atoms in total. The maximum Gasteiger partial charge on any atom is 0.240 e. The van der Waals surface area contributed by atoms with Gasteiger partial charge in [-0.3, -0.25) is 9.59 Å². The summed E-state index contributed by atoms with van der Waals surface area (Å²) in [6.45, 7) is 0.534. The number of methoxy groups -OCH3 is 1. The summed E-state index contributed by atoms with van der Waals surface area (Å²) in [5, 5.41) is 5.68. The van der Waals surface area contributed by atoms with Crippen molar-refractivity contribution in [1.82, 2.24) is 5.32 Å². The second-order valence-electron chi connectivity index (χ2n) is 6.64. The second kappa shape index (κ2) is 6.83. The minimum atomic E-state index is -0.997. The van der Waals surface area contributed by atoms with E-state index in [1.54, 1.807) is 25.3 Å². The zero-order chi connectivity index (χ0) is 18.9. The molecule has 140 valence electrons. The third-order valence-corrected chi connectivity index (χ3v) is 4.86. The molecule has 0 bridgehead atoms. The average Bonchev–Trinajstić information content (AvgIpc) is 3.38. The Morgan fingerprint density at radius 3 is 2.48 bits per heavy atom. The summed E-state index contributed by atoms with van der Waals surface area (Å²) < 4.78 is 15.7. The van der Waals surface area contributed by atoms with Gasteiger partial charge in [0.2, 0.25) is 18.6 Å². The number of benzene rings is 2. The Bertz CT molecular complexity index is 874. The van der Waals surface area contributed by atoms with Crippen LogP contribution in [0, 0.1) is 5.41 Å². The molecular weight excluding hydrogens is 348 g/mol. The van der Waals surface area contributed by atoms with E-state index in [0.717, 1.165) is 11.3 Å². The topological polar surface area (TPSA) is 85.9 Å². The van der Waals surface area contributed by atoms with E-state index in [-0.39, 0.29) is 18.6 Å². The first kappa shape index (κ1) is 17.2. The van der Waals surface area contributed by atoms with Crippen LogP contribution in [0.5, 0.6) is 17.2 Å². The number of amides is 2. The van der Waals surface area contributed by atoms with Gasteiger partial charge in [-0.05, 0) is 42.7 Å². The van der Waals surface area contributed by atoms with Crippen LogP contribution in [0.2, 0.25) is 0 Å². The highest BCUT2D eigenvalue weighted by Crippen LogP contribution is 2.47. The maximum atomic E-state index is 12.7. The number of nitrogens with one attached hydrogen (secondary N) is 2. The monoisotopic (exact) mass is 368 g/mol. The first-order valence-electron chi connectivity index (χ1n) is 8.73. The summed E-state index contributed by atoms with van der Waals surface area (Å²) in [5.41, 5.74) is 0.526. The van der Waals surface area contributed by atoms with E-state index in [0.29, 0.717) is 36.6 Å². The van der Waals surface area contributed by atoms with Crippen LogP contribution in [0.15, 0.2) is 42.5 Å². The summed E-state index contributed by atoms with van der Waals surface area (Å²) in [6.07, 6.45) is 1.08. The number of carbonyl (C=O) groups is 2. The van der Waals surface area contributed by atoms with Crippen molar-refractivity contribution in [3.63, 3.8) is 0 Å². The summed E-state index contributed by atoms with van der Waals surface area (Å²) in [4.78, 5) is 25.3. The molecule has 0 spiro atoms. The number of anilines is 1. The Morgan fingerprint density at radius 2 is 1.78 bits per heavy atom. The lowest BCUT2D eigenvalue weighted by molar-refractivity contribution is -0.134. The number of ether oxygens (including phenoxy) is 3. The zero-order valence-electron chi connectivity index (χ0n) is 14.9. The number of rotatable bonds is 6. The number of hydrogen-bond acceptors (Lipinski definition) is 5.